The van der Waals surface area contributed by atoms with Gasteiger partial charge in [-0.3, -0.25) is 9.48 Å². The van der Waals surface area contributed by atoms with Crippen LogP contribution < -0.4 is 5.32 Å². The lowest BCUT2D eigenvalue weighted by Crippen LogP contribution is -2.19. The average Bonchev–Trinajstić information content (AvgIpc) is 3.40. The summed E-state index contributed by atoms with van der Waals surface area (Å²) in [6.45, 7) is 0.0896. The minimum Gasteiger partial charge on any atom is -0.465 e. The number of aromatic amines is 1. The summed E-state index contributed by atoms with van der Waals surface area (Å²) in [5, 5.41) is 8.36. The number of H-pyrrole nitrogens is 1. The Labute approximate surface area is 158 Å². The number of thiophene rings is 1. The molecule has 136 valence electrons. The number of benzene rings is 1. The Hall–Kier alpha value is -3.39. The number of para-hydroxylation sites is 1. The fourth-order valence-electron chi connectivity index (χ4n) is 2.79. The predicted molar refractivity (Wildman–Crippen MR) is 104 cm³/mol. The molecule has 1 aromatic carbocycles. The number of amides is 1. The van der Waals surface area contributed by atoms with Gasteiger partial charge >= 0.3 is 5.97 Å². The topological polar surface area (TPSA) is 89.0 Å². The van der Waals surface area contributed by atoms with Crippen molar-refractivity contribution in [3.63, 3.8) is 0 Å². The number of anilines is 1. The van der Waals surface area contributed by atoms with E-state index in [1.165, 1.54) is 18.4 Å². The summed E-state index contributed by atoms with van der Waals surface area (Å²) in [5.74, 6) is -0.545. The van der Waals surface area contributed by atoms with Crippen LogP contribution in [0.15, 0.2) is 54.9 Å². The SMILES string of the molecule is COC(=O)c1ccc(-c2ccn(CC(=O)Nc3cccc4cc[nH]c34)n2)s1. The molecule has 2 N–H and O–H groups in total. The number of esters is 1. The summed E-state index contributed by atoms with van der Waals surface area (Å²) in [6, 6.07) is 13.0. The number of aromatic nitrogens is 3. The molecule has 0 aliphatic rings. The van der Waals surface area contributed by atoms with E-state index in [9.17, 15) is 9.59 Å². The van der Waals surface area contributed by atoms with Crippen LogP contribution in [-0.2, 0) is 16.1 Å². The highest BCUT2D eigenvalue weighted by molar-refractivity contribution is 7.17. The number of nitrogens with one attached hydrogen (secondary N) is 2. The van der Waals surface area contributed by atoms with Gasteiger partial charge in [-0.1, -0.05) is 12.1 Å². The van der Waals surface area contributed by atoms with E-state index >= 15 is 0 Å². The van der Waals surface area contributed by atoms with Gasteiger partial charge in [0.25, 0.3) is 0 Å². The van der Waals surface area contributed by atoms with E-state index in [1.54, 1.807) is 16.9 Å². The number of carbonyl (C=O) groups is 2. The molecule has 8 heteroatoms. The van der Waals surface area contributed by atoms with Crippen molar-refractivity contribution in [2.45, 2.75) is 6.54 Å². The normalized spacial score (nSPS) is 10.9. The summed E-state index contributed by atoms with van der Waals surface area (Å²) in [4.78, 5) is 28.4. The molecule has 0 radical (unpaired) electrons. The number of fused-ring (bicyclic) bond motifs is 1. The second-order valence-electron chi connectivity index (χ2n) is 5.85. The standard InChI is InChI=1S/C19H16N4O3S/c1-26-19(25)16-6-5-15(27-16)13-8-10-23(22-13)11-17(24)21-14-4-2-3-12-7-9-20-18(12)14/h2-10,20H,11H2,1H3,(H,21,24). The van der Waals surface area contributed by atoms with Crippen LogP contribution in [0.1, 0.15) is 9.67 Å². The van der Waals surface area contributed by atoms with Gasteiger partial charge in [-0.2, -0.15) is 5.10 Å². The first-order valence-corrected chi connectivity index (χ1v) is 9.03. The second kappa shape index (κ2) is 7.08. The van der Waals surface area contributed by atoms with Crippen LogP contribution in [0, 0.1) is 0 Å². The van der Waals surface area contributed by atoms with Gasteiger partial charge in [-0.25, -0.2) is 4.79 Å². The van der Waals surface area contributed by atoms with E-state index in [0.29, 0.717) is 10.6 Å². The van der Waals surface area contributed by atoms with Crippen LogP contribution in [0.4, 0.5) is 5.69 Å². The van der Waals surface area contributed by atoms with Gasteiger partial charge in [0.15, 0.2) is 0 Å². The molecule has 0 bridgehead atoms. The van der Waals surface area contributed by atoms with E-state index in [4.69, 9.17) is 4.74 Å². The number of hydrogen-bond donors (Lipinski definition) is 2. The molecule has 0 aliphatic carbocycles. The zero-order valence-electron chi connectivity index (χ0n) is 14.4. The van der Waals surface area contributed by atoms with Crippen molar-refractivity contribution >= 4 is 39.8 Å². The van der Waals surface area contributed by atoms with Crippen LogP contribution in [0.5, 0.6) is 0 Å². The van der Waals surface area contributed by atoms with Gasteiger partial charge in [0.1, 0.15) is 17.1 Å². The lowest BCUT2D eigenvalue weighted by atomic mass is 10.2. The monoisotopic (exact) mass is 380 g/mol. The van der Waals surface area contributed by atoms with Crippen molar-refractivity contribution in [2.24, 2.45) is 0 Å². The largest absolute Gasteiger partial charge is 0.465 e. The first kappa shape index (κ1) is 17.0. The van der Waals surface area contributed by atoms with Gasteiger partial charge in [0.2, 0.25) is 5.91 Å². The van der Waals surface area contributed by atoms with Crippen molar-refractivity contribution in [3.8, 4) is 10.6 Å². The summed E-state index contributed by atoms with van der Waals surface area (Å²) in [7, 11) is 1.35. The van der Waals surface area contributed by atoms with E-state index in [0.717, 1.165) is 21.5 Å². The average molecular weight is 380 g/mol. The number of carbonyl (C=O) groups excluding carboxylic acids is 2. The molecular weight excluding hydrogens is 364 g/mol. The quantitative estimate of drug-likeness (QED) is 0.519. The third-order valence-electron chi connectivity index (χ3n) is 4.05. The van der Waals surface area contributed by atoms with Crippen LogP contribution in [0.2, 0.25) is 0 Å². The van der Waals surface area contributed by atoms with Crippen LogP contribution in [-0.4, -0.2) is 33.8 Å². The molecule has 0 unspecified atom stereocenters. The Morgan fingerprint density at radius 3 is 2.96 bits per heavy atom. The molecule has 3 heterocycles. The molecule has 27 heavy (non-hydrogen) atoms. The van der Waals surface area contributed by atoms with Crippen LogP contribution in [0.3, 0.4) is 0 Å². The zero-order valence-corrected chi connectivity index (χ0v) is 15.2. The maximum atomic E-state index is 12.4. The summed E-state index contributed by atoms with van der Waals surface area (Å²) < 4.78 is 6.28. The highest BCUT2D eigenvalue weighted by atomic mass is 32.1. The van der Waals surface area contributed by atoms with Gasteiger partial charge in [-0.15, -0.1) is 11.3 Å². The molecule has 0 aliphatic heterocycles. The lowest BCUT2D eigenvalue weighted by molar-refractivity contribution is -0.116. The van der Waals surface area contributed by atoms with Crippen molar-refractivity contribution in [1.82, 2.24) is 14.8 Å². The van der Waals surface area contributed by atoms with Gasteiger partial charge < -0.3 is 15.0 Å². The molecule has 7 nitrogen and oxygen atoms in total. The molecule has 0 spiro atoms. The van der Waals surface area contributed by atoms with Crippen LogP contribution >= 0.6 is 11.3 Å². The second-order valence-corrected chi connectivity index (χ2v) is 6.93. The Kier molecular flexibility index (Phi) is 4.47. The smallest absolute Gasteiger partial charge is 0.348 e. The highest BCUT2D eigenvalue weighted by Gasteiger charge is 2.13. The third kappa shape index (κ3) is 3.47. The molecule has 1 amide bonds. The van der Waals surface area contributed by atoms with Gasteiger partial charge in [0.05, 0.1) is 23.2 Å². The highest BCUT2D eigenvalue weighted by Crippen LogP contribution is 2.27. The number of ether oxygens (including phenoxy) is 1. The maximum absolute atomic E-state index is 12.4. The minimum atomic E-state index is -0.372. The molecule has 4 rings (SSSR count). The molecule has 4 aromatic rings. The molecule has 0 atom stereocenters. The molecule has 0 fully saturated rings. The number of nitrogens with zero attached hydrogens (tertiary/aromatic N) is 2. The van der Waals surface area contributed by atoms with Gasteiger partial charge in [-0.05, 0) is 30.3 Å². The molecular formula is C19H16N4O3S. The Morgan fingerprint density at radius 2 is 2.11 bits per heavy atom. The van der Waals surface area contributed by atoms with Crippen molar-refractivity contribution in [1.29, 1.82) is 0 Å². The lowest BCUT2D eigenvalue weighted by Gasteiger charge is -2.06. The van der Waals surface area contributed by atoms with E-state index in [1.807, 2.05) is 42.6 Å². The van der Waals surface area contributed by atoms with E-state index in [2.05, 4.69) is 15.4 Å². The van der Waals surface area contributed by atoms with E-state index in [-0.39, 0.29) is 18.4 Å². The number of rotatable bonds is 5. The van der Waals surface area contributed by atoms with E-state index < -0.39 is 0 Å². The zero-order chi connectivity index (χ0) is 18.8. The van der Waals surface area contributed by atoms with Crippen molar-refractivity contribution in [2.75, 3.05) is 12.4 Å². The number of methoxy groups -OCH3 is 1. The molecule has 3 aromatic heterocycles. The molecule has 0 saturated heterocycles. The molecule has 0 saturated carbocycles. The van der Waals surface area contributed by atoms with Crippen LogP contribution in [0.25, 0.3) is 21.5 Å². The Bertz CT molecular complexity index is 1120. The number of hydrogen-bond acceptors (Lipinski definition) is 5. The summed E-state index contributed by atoms with van der Waals surface area (Å²) >= 11 is 1.30. The Morgan fingerprint density at radius 1 is 1.22 bits per heavy atom. The Balaban J connectivity index is 1.46. The fourth-order valence-corrected chi connectivity index (χ4v) is 3.68. The first-order valence-electron chi connectivity index (χ1n) is 8.22. The van der Waals surface area contributed by atoms with Crippen molar-refractivity contribution < 1.29 is 14.3 Å². The first-order chi connectivity index (χ1) is 13.1. The maximum Gasteiger partial charge on any atom is 0.348 e. The summed E-state index contributed by atoms with van der Waals surface area (Å²) in [6.07, 6.45) is 3.57. The third-order valence-corrected chi connectivity index (χ3v) is 5.14. The predicted octanol–water partition coefficient (Wildman–Crippen LogP) is 3.52. The summed E-state index contributed by atoms with van der Waals surface area (Å²) in [5.41, 5.74) is 2.33. The van der Waals surface area contributed by atoms with Crippen molar-refractivity contribution in [3.05, 3.63) is 59.7 Å². The van der Waals surface area contributed by atoms with Gasteiger partial charge in [0, 0.05) is 17.8 Å². The fraction of sp³-hybridized carbons (Fsp3) is 0.105. The minimum absolute atomic E-state index is 0.0896.